The Morgan fingerprint density at radius 1 is 1.11 bits per heavy atom. The summed E-state index contributed by atoms with van der Waals surface area (Å²) >= 11 is 0. The number of sulfone groups is 1. The molecule has 0 aliphatic carbocycles. The lowest BCUT2D eigenvalue weighted by atomic mass is 9.71. The van der Waals surface area contributed by atoms with Crippen molar-refractivity contribution in [2.75, 3.05) is 38.8 Å². The van der Waals surface area contributed by atoms with Gasteiger partial charge in [0.25, 0.3) is 0 Å². The number of hydrogen-bond acceptors (Lipinski definition) is 8. The van der Waals surface area contributed by atoms with Crippen molar-refractivity contribution in [3.63, 3.8) is 0 Å². The van der Waals surface area contributed by atoms with Crippen LogP contribution in [0.3, 0.4) is 0 Å². The highest BCUT2D eigenvalue weighted by molar-refractivity contribution is 7.93. The fourth-order valence-corrected chi connectivity index (χ4v) is 6.89. The van der Waals surface area contributed by atoms with E-state index >= 15 is 0 Å². The van der Waals surface area contributed by atoms with Gasteiger partial charge in [0.05, 0.1) is 25.6 Å². The van der Waals surface area contributed by atoms with Gasteiger partial charge in [-0.3, -0.25) is 9.79 Å². The summed E-state index contributed by atoms with van der Waals surface area (Å²) in [5.41, 5.74) is 1.28. The molecule has 1 aromatic carbocycles. The van der Waals surface area contributed by atoms with Gasteiger partial charge < -0.3 is 18.9 Å². The van der Waals surface area contributed by atoms with Crippen molar-refractivity contribution in [3.05, 3.63) is 41.5 Å². The Labute approximate surface area is 221 Å². The first-order chi connectivity index (χ1) is 17.7. The molecule has 3 unspecified atom stereocenters. The van der Waals surface area contributed by atoms with Gasteiger partial charge in [0, 0.05) is 18.7 Å². The number of carbonyl (C=O) groups is 1. The van der Waals surface area contributed by atoms with Gasteiger partial charge in [0.1, 0.15) is 23.9 Å². The monoisotopic (exact) mass is 535 g/mol. The molecule has 1 aromatic rings. The van der Waals surface area contributed by atoms with Crippen molar-refractivity contribution in [2.45, 2.75) is 70.3 Å². The SMILES string of the molecule is CCOCCOCCOC(=O)C(C1CC(CC)(CC)Oc2ccc(C)cc21)C1(S(=O)(=O)CC)C=CC=N1. The molecule has 8 nitrogen and oxygen atoms in total. The number of allylic oxidation sites excluding steroid dienone is 1. The molecule has 0 saturated carbocycles. The minimum atomic E-state index is -3.84. The second-order valence-corrected chi connectivity index (χ2v) is 12.1. The smallest absolute Gasteiger partial charge is 0.313 e. The van der Waals surface area contributed by atoms with Crippen LogP contribution < -0.4 is 4.74 Å². The van der Waals surface area contributed by atoms with Crippen molar-refractivity contribution in [3.8, 4) is 5.75 Å². The van der Waals surface area contributed by atoms with E-state index < -0.39 is 38.1 Å². The molecule has 37 heavy (non-hydrogen) atoms. The first kappa shape index (κ1) is 29.3. The predicted molar refractivity (Wildman–Crippen MR) is 144 cm³/mol. The van der Waals surface area contributed by atoms with Gasteiger partial charge >= 0.3 is 5.97 Å². The normalized spacial score (nSPS) is 22.9. The second kappa shape index (κ2) is 12.5. The van der Waals surface area contributed by atoms with Gasteiger partial charge in [-0.1, -0.05) is 38.5 Å². The summed E-state index contributed by atoms with van der Waals surface area (Å²) in [5.74, 6) is -1.64. The molecular weight excluding hydrogens is 494 g/mol. The molecule has 3 rings (SSSR count). The average molecular weight is 536 g/mol. The van der Waals surface area contributed by atoms with E-state index in [4.69, 9.17) is 18.9 Å². The lowest BCUT2D eigenvalue weighted by molar-refractivity contribution is -0.153. The van der Waals surface area contributed by atoms with E-state index in [1.807, 2.05) is 32.0 Å². The third-order valence-electron chi connectivity index (χ3n) is 7.50. The molecule has 0 fully saturated rings. The number of aliphatic imine (C=N–C) groups is 1. The highest BCUT2D eigenvalue weighted by Crippen LogP contribution is 2.52. The number of ether oxygens (including phenoxy) is 4. The number of carbonyl (C=O) groups excluding carboxylic acids is 1. The summed E-state index contributed by atoms with van der Waals surface area (Å²) in [6.07, 6.45) is 6.53. The fraction of sp³-hybridized carbons (Fsp3) is 0.643. The molecule has 206 valence electrons. The van der Waals surface area contributed by atoms with Gasteiger partial charge in [0.2, 0.25) is 0 Å². The van der Waals surface area contributed by atoms with Crippen LogP contribution >= 0.6 is 0 Å². The minimum Gasteiger partial charge on any atom is -0.487 e. The summed E-state index contributed by atoms with van der Waals surface area (Å²) in [5, 5.41) is 0. The van der Waals surface area contributed by atoms with Crippen LogP contribution in [0.4, 0.5) is 0 Å². The van der Waals surface area contributed by atoms with Crippen LogP contribution in [0.2, 0.25) is 0 Å². The standard InChI is InChI=1S/C28H41NO7S/c1-6-27(7-2)20-23(22-19-21(5)11-12-24(22)36-27)25(26(30)35-18-17-34-16-15-33-8-3)28(13-10-14-29-28)37(31,32)9-4/h10-14,19,23,25H,6-9,15-18,20H2,1-5H3. The Balaban J connectivity index is 2.04. The van der Waals surface area contributed by atoms with Crippen molar-refractivity contribution < 1.29 is 32.2 Å². The second-order valence-electron chi connectivity index (χ2n) is 9.59. The van der Waals surface area contributed by atoms with Gasteiger partial charge in [-0.2, -0.15) is 0 Å². The largest absolute Gasteiger partial charge is 0.487 e. The molecule has 0 N–H and O–H groups in total. The zero-order valence-corrected chi connectivity index (χ0v) is 23.5. The molecule has 2 aliphatic heterocycles. The molecule has 2 heterocycles. The van der Waals surface area contributed by atoms with Crippen LogP contribution in [0.1, 0.15) is 64.0 Å². The number of aryl methyl sites for hydroxylation is 1. The molecule has 2 aliphatic rings. The van der Waals surface area contributed by atoms with E-state index in [2.05, 4.69) is 18.8 Å². The summed E-state index contributed by atoms with van der Waals surface area (Å²) < 4.78 is 50.2. The molecule has 0 bridgehead atoms. The topological polar surface area (TPSA) is 100 Å². The number of esters is 1. The van der Waals surface area contributed by atoms with Gasteiger partial charge in [-0.25, -0.2) is 8.42 Å². The number of hydrogen-bond donors (Lipinski definition) is 0. The predicted octanol–water partition coefficient (Wildman–Crippen LogP) is 4.40. The lowest BCUT2D eigenvalue weighted by Crippen LogP contribution is -2.52. The Morgan fingerprint density at radius 2 is 1.81 bits per heavy atom. The van der Waals surface area contributed by atoms with Crippen LogP contribution in [-0.2, 0) is 28.8 Å². The van der Waals surface area contributed by atoms with Crippen LogP contribution in [-0.4, -0.2) is 69.9 Å². The van der Waals surface area contributed by atoms with Crippen molar-refractivity contribution in [2.24, 2.45) is 10.9 Å². The first-order valence-corrected chi connectivity index (χ1v) is 14.9. The first-order valence-electron chi connectivity index (χ1n) is 13.3. The van der Waals surface area contributed by atoms with Crippen molar-refractivity contribution in [1.82, 2.24) is 0 Å². The fourth-order valence-electron chi connectivity index (χ4n) is 5.27. The van der Waals surface area contributed by atoms with E-state index in [-0.39, 0.29) is 19.0 Å². The molecular formula is C28H41NO7S. The van der Waals surface area contributed by atoms with Crippen LogP contribution in [0.15, 0.2) is 35.3 Å². The van der Waals surface area contributed by atoms with E-state index in [0.29, 0.717) is 32.0 Å². The maximum Gasteiger partial charge on any atom is 0.313 e. The summed E-state index contributed by atoms with van der Waals surface area (Å²) in [6.45, 7) is 11.2. The lowest BCUT2D eigenvalue weighted by Gasteiger charge is -2.46. The number of nitrogens with zero attached hydrogens (tertiary/aromatic N) is 1. The number of benzene rings is 1. The molecule has 0 spiro atoms. The zero-order chi connectivity index (χ0) is 27.1. The maximum atomic E-state index is 13.9. The minimum absolute atomic E-state index is 0.00767. The maximum absolute atomic E-state index is 13.9. The molecule has 0 saturated heterocycles. The highest BCUT2D eigenvalue weighted by atomic mass is 32.2. The summed E-state index contributed by atoms with van der Waals surface area (Å²) in [6, 6.07) is 5.87. The summed E-state index contributed by atoms with van der Waals surface area (Å²) in [7, 11) is -3.84. The number of fused-ring (bicyclic) bond motifs is 1. The van der Waals surface area contributed by atoms with Crippen LogP contribution in [0.5, 0.6) is 5.75 Å². The third-order valence-corrected chi connectivity index (χ3v) is 9.75. The Hall–Kier alpha value is -2.23. The van der Waals surface area contributed by atoms with E-state index in [1.54, 1.807) is 19.1 Å². The zero-order valence-electron chi connectivity index (χ0n) is 22.7. The van der Waals surface area contributed by atoms with Gasteiger partial charge in [0.15, 0.2) is 14.7 Å². The highest BCUT2D eigenvalue weighted by Gasteiger charge is 2.58. The molecule has 0 amide bonds. The van der Waals surface area contributed by atoms with Crippen molar-refractivity contribution >= 4 is 22.0 Å². The average Bonchev–Trinajstić information content (AvgIpc) is 3.40. The summed E-state index contributed by atoms with van der Waals surface area (Å²) in [4.78, 5) is 16.6. The number of rotatable bonds is 14. The van der Waals surface area contributed by atoms with Gasteiger partial charge in [-0.15, -0.1) is 0 Å². The Kier molecular flexibility index (Phi) is 9.94. The van der Waals surface area contributed by atoms with E-state index in [0.717, 1.165) is 24.0 Å². The molecule has 0 aromatic heterocycles. The van der Waals surface area contributed by atoms with E-state index in [1.165, 1.54) is 6.21 Å². The van der Waals surface area contributed by atoms with Crippen LogP contribution in [0, 0.1) is 12.8 Å². The molecule has 9 heteroatoms. The Bertz CT molecular complexity index is 1080. The van der Waals surface area contributed by atoms with Crippen molar-refractivity contribution in [1.29, 1.82) is 0 Å². The van der Waals surface area contributed by atoms with Gasteiger partial charge in [-0.05, 0) is 56.9 Å². The third kappa shape index (κ3) is 6.10. The van der Waals surface area contributed by atoms with Crippen LogP contribution in [0.25, 0.3) is 0 Å². The van der Waals surface area contributed by atoms with E-state index in [9.17, 15) is 13.2 Å². The molecule has 0 radical (unpaired) electrons. The quantitative estimate of drug-likeness (QED) is 0.257. The molecule has 3 atom stereocenters. The Morgan fingerprint density at radius 3 is 2.43 bits per heavy atom.